The highest BCUT2D eigenvalue weighted by molar-refractivity contribution is 7.13. The van der Waals surface area contributed by atoms with Crippen LogP contribution in [-0.4, -0.2) is 39.8 Å². The monoisotopic (exact) mass is 402 g/mol. The number of benzene rings is 1. The summed E-state index contributed by atoms with van der Waals surface area (Å²) in [5, 5.41) is 24.2. The molecule has 0 spiro atoms. The van der Waals surface area contributed by atoms with Crippen LogP contribution < -0.4 is 15.4 Å². The van der Waals surface area contributed by atoms with Crippen LogP contribution in [0.3, 0.4) is 0 Å². The van der Waals surface area contributed by atoms with Crippen molar-refractivity contribution in [1.82, 2.24) is 10.2 Å². The van der Waals surface area contributed by atoms with Gasteiger partial charge in [-0.3, -0.25) is 10.1 Å². The summed E-state index contributed by atoms with van der Waals surface area (Å²) >= 11 is 1.44. The molecule has 146 valence electrons. The topological polar surface area (TPSA) is 127 Å². The van der Waals surface area contributed by atoms with Gasteiger partial charge in [-0.15, -0.1) is 16.4 Å². The van der Waals surface area contributed by atoms with Gasteiger partial charge in [0.05, 0.1) is 17.6 Å². The molecule has 1 amide bonds. The third-order valence-electron chi connectivity index (χ3n) is 3.82. The third-order valence-corrected chi connectivity index (χ3v) is 4.67. The Labute approximate surface area is 164 Å². The average Bonchev–Trinajstić information content (AvgIpc) is 3.32. The lowest BCUT2D eigenvalue weighted by atomic mass is 10.0. The average molecular weight is 402 g/mol. The number of carbonyl (C=O) groups is 2. The second-order valence-electron chi connectivity index (χ2n) is 6.31. The summed E-state index contributed by atoms with van der Waals surface area (Å²) in [4.78, 5) is 24.6. The van der Waals surface area contributed by atoms with Crippen LogP contribution in [0.25, 0.3) is 10.8 Å². The lowest BCUT2D eigenvalue weighted by Gasteiger charge is -2.23. The van der Waals surface area contributed by atoms with Gasteiger partial charge in [0.2, 0.25) is 0 Å². The Bertz CT molecular complexity index is 997. The number of ether oxygens (including phenoxy) is 1. The van der Waals surface area contributed by atoms with E-state index in [0.29, 0.717) is 11.6 Å². The van der Waals surface area contributed by atoms with E-state index in [9.17, 15) is 14.7 Å². The molecule has 0 aliphatic heterocycles. The second-order valence-corrected chi connectivity index (χ2v) is 7.26. The molecular weight excluding hydrogens is 384 g/mol. The number of hydrogen-bond donors (Lipinski definition) is 3. The summed E-state index contributed by atoms with van der Waals surface area (Å²) in [6, 6.07) is 8.30. The third kappa shape index (κ3) is 4.12. The minimum atomic E-state index is -1.18. The number of hydrogen-bond acceptors (Lipinski definition) is 8. The predicted molar refractivity (Wildman–Crippen MR) is 104 cm³/mol. The van der Waals surface area contributed by atoms with Gasteiger partial charge < -0.3 is 19.6 Å². The molecule has 0 radical (unpaired) electrons. The highest BCUT2D eigenvalue weighted by Crippen LogP contribution is 2.27. The number of thiophene rings is 1. The first-order valence-electron chi connectivity index (χ1n) is 8.18. The molecule has 3 aromatic rings. The zero-order chi connectivity index (χ0) is 20.3. The Morgan fingerprint density at radius 3 is 2.68 bits per heavy atom. The first-order chi connectivity index (χ1) is 13.3. The van der Waals surface area contributed by atoms with Crippen molar-refractivity contribution in [1.29, 1.82) is 0 Å². The van der Waals surface area contributed by atoms with Crippen LogP contribution in [0.1, 0.15) is 24.2 Å². The van der Waals surface area contributed by atoms with Crippen molar-refractivity contribution < 1.29 is 23.8 Å². The highest BCUT2D eigenvalue weighted by atomic mass is 32.1. The number of nitrogens with one attached hydrogen (secondary N) is 2. The van der Waals surface area contributed by atoms with E-state index in [-0.39, 0.29) is 17.3 Å². The molecule has 0 unspecified atom stereocenters. The molecule has 0 saturated carbocycles. The molecule has 0 saturated heterocycles. The first-order valence-corrected chi connectivity index (χ1v) is 9.06. The smallest absolute Gasteiger partial charge is 0.328 e. The largest absolute Gasteiger partial charge is 0.496 e. The summed E-state index contributed by atoms with van der Waals surface area (Å²) < 4.78 is 10.7. The van der Waals surface area contributed by atoms with E-state index in [1.54, 1.807) is 12.1 Å². The fraction of sp³-hybridized carbons (Fsp3) is 0.222. The fourth-order valence-electron chi connectivity index (χ4n) is 2.31. The molecule has 3 rings (SSSR count). The molecule has 0 atom stereocenters. The van der Waals surface area contributed by atoms with Crippen molar-refractivity contribution in [3.05, 3.63) is 41.3 Å². The Morgan fingerprint density at radius 1 is 1.25 bits per heavy atom. The van der Waals surface area contributed by atoms with E-state index in [2.05, 4.69) is 20.8 Å². The molecule has 9 nitrogen and oxygen atoms in total. The van der Waals surface area contributed by atoms with Crippen molar-refractivity contribution in [3.8, 4) is 16.5 Å². The number of aromatic nitrogens is 2. The molecule has 0 aliphatic rings. The van der Waals surface area contributed by atoms with Gasteiger partial charge in [0.1, 0.15) is 11.3 Å². The predicted octanol–water partition coefficient (Wildman–Crippen LogP) is 3.33. The second kappa shape index (κ2) is 7.69. The van der Waals surface area contributed by atoms with Crippen LogP contribution in [0.5, 0.6) is 5.75 Å². The number of anilines is 2. The molecule has 0 bridgehead atoms. The molecular formula is C18H18N4O5S. The van der Waals surface area contributed by atoms with Crippen LogP contribution in [0, 0.1) is 0 Å². The van der Waals surface area contributed by atoms with Crippen LogP contribution in [0.4, 0.5) is 11.7 Å². The molecule has 3 N–H and O–H groups in total. The SMILES string of the molecule is COc1cc(NC(C)(C)C(=O)O)ccc1C(=O)Nc1nnc(-c2cccs2)o1. The van der Waals surface area contributed by atoms with E-state index in [0.717, 1.165) is 4.88 Å². The normalized spacial score (nSPS) is 11.1. The van der Waals surface area contributed by atoms with E-state index >= 15 is 0 Å². The molecule has 0 aliphatic carbocycles. The van der Waals surface area contributed by atoms with Crippen LogP contribution >= 0.6 is 11.3 Å². The Kier molecular flexibility index (Phi) is 5.32. The van der Waals surface area contributed by atoms with Crippen molar-refractivity contribution in [2.24, 2.45) is 0 Å². The first kappa shape index (κ1) is 19.4. The van der Waals surface area contributed by atoms with Gasteiger partial charge in [-0.2, -0.15) is 0 Å². The maximum Gasteiger partial charge on any atom is 0.328 e. The zero-order valence-electron chi connectivity index (χ0n) is 15.3. The van der Waals surface area contributed by atoms with Gasteiger partial charge in [-0.25, -0.2) is 4.79 Å². The number of aliphatic carboxylic acids is 1. The maximum atomic E-state index is 12.6. The number of nitrogens with zero attached hydrogens (tertiary/aromatic N) is 2. The number of carboxylic acid groups (broad SMARTS) is 1. The zero-order valence-corrected chi connectivity index (χ0v) is 16.2. The molecule has 2 aromatic heterocycles. The molecule has 2 heterocycles. The highest BCUT2D eigenvalue weighted by Gasteiger charge is 2.27. The Balaban J connectivity index is 1.77. The van der Waals surface area contributed by atoms with Crippen LogP contribution in [0.15, 0.2) is 40.1 Å². The number of amides is 1. The van der Waals surface area contributed by atoms with E-state index in [1.807, 2.05) is 17.5 Å². The quantitative estimate of drug-likeness (QED) is 0.549. The summed E-state index contributed by atoms with van der Waals surface area (Å²) in [5.41, 5.74) is -0.452. The molecule has 28 heavy (non-hydrogen) atoms. The number of carbonyl (C=O) groups excluding carboxylic acids is 1. The van der Waals surface area contributed by atoms with Crippen molar-refractivity contribution >= 4 is 34.9 Å². The van der Waals surface area contributed by atoms with Gasteiger partial charge in [-0.05, 0) is 37.4 Å². The van der Waals surface area contributed by atoms with Gasteiger partial charge in [0.25, 0.3) is 11.8 Å². The minimum absolute atomic E-state index is 0.0373. The van der Waals surface area contributed by atoms with Crippen molar-refractivity contribution in [3.63, 3.8) is 0 Å². The Hall–Kier alpha value is -3.40. The maximum absolute atomic E-state index is 12.6. The van der Waals surface area contributed by atoms with E-state index in [4.69, 9.17) is 9.15 Å². The number of rotatable bonds is 7. The number of carboxylic acids is 1. The minimum Gasteiger partial charge on any atom is -0.496 e. The van der Waals surface area contributed by atoms with Gasteiger partial charge in [-0.1, -0.05) is 11.2 Å². The van der Waals surface area contributed by atoms with Crippen LogP contribution in [-0.2, 0) is 4.79 Å². The Morgan fingerprint density at radius 2 is 2.04 bits per heavy atom. The molecule has 0 fully saturated rings. The number of methoxy groups -OCH3 is 1. The van der Waals surface area contributed by atoms with Gasteiger partial charge in [0, 0.05) is 11.8 Å². The van der Waals surface area contributed by atoms with Crippen molar-refractivity contribution in [2.45, 2.75) is 19.4 Å². The fourth-order valence-corrected chi connectivity index (χ4v) is 2.95. The standard InChI is InChI=1S/C18H18N4O5S/c1-18(2,16(24)25)20-10-6-7-11(12(9-10)26-3)14(23)19-17-22-21-15(27-17)13-5-4-8-28-13/h4-9,20H,1-3H3,(H,24,25)(H,19,22,23). The summed E-state index contributed by atoms with van der Waals surface area (Å²) in [6.45, 7) is 3.06. The molecule has 1 aromatic carbocycles. The van der Waals surface area contributed by atoms with Gasteiger partial charge >= 0.3 is 12.0 Å². The van der Waals surface area contributed by atoms with Gasteiger partial charge in [0.15, 0.2) is 0 Å². The lowest BCUT2D eigenvalue weighted by molar-refractivity contribution is -0.141. The summed E-state index contributed by atoms with van der Waals surface area (Å²) in [6.07, 6.45) is 0. The lowest BCUT2D eigenvalue weighted by Crippen LogP contribution is -2.39. The van der Waals surface area contributed by atoms with E-state index in [1.165, 1.54) is 38.4 Å². The van der Waals surface area contributed by atoms with E-state index < -0.39 is 17.4 Å². The summed E-state index contributed by atoms with van der Waals surface area (Å²) in [5.74, 6) is -0.928. The van der Waals surface area contributed by atoms with Crippen molar-refractivity contribution in [2.75, 3.05) is 17.7 Å². The molecule has 10 heteroatoms. The summed E-state index contributed by atoms with van der Waals surface area (Å²) in [7, 11) is 1.42. The van der Waals surface area contributed by atoms with Crippen LogP contribution in [0.2, 0.25) is 0 Å².